The summed E-state index contributed by atoms with van der Waals surface area (Å²) in [7, 11) is 1.54. The molecule has 0 saturated carbocycles. The summed E-state index contributed by atoms with van der Waals surface area (Å²) in [6.07, 6.45) is 88.9. The highest BCUT2D eigenvalue weighted by molar-refractivity contribution is 7.47. The molecule has 9 heteroatoms. The molecule has 0 heterocycles. The summed E-state index contributed by atoms with van der Waals surface area (Å²) in [6.45, 7) is 4.68. The summed E-state index contributed by atoms with van der Waals surface area (Å²) in [5.41, 5.74) is 0. The number of phosphoric acid groups is 1. The molecule has 1 amide bonds. The predicted octanol–water partition coefficient (Wildman–Crippen LogP) is 20.5. The average molecular weight is 1120 g/mol. The Kier molecular flexibility index (Phi) is 57.2. The maximum Gasteiger partial charge on any atom is 0.472 e. The van der Waals surface area contributed by atoms with Crippen LogP contribution in [-0.2, 0) is 18.4 Å². The number of carbonyl (C=O) groups is 1. The second-order valence-electron chi connectivity index (χ2n) is 22.7. The van der Waals surface area contributed by atoms with Crippen molar-refractivity contribution in [2.45, 2.75) is 276 Å². The van der Waals surface area contributed by atoms with E-state index in [1.165, 1.54) is 154 Å². The number of hydrogen-bond donors (Lipinski definition) is 3. The number of likely N-dealkylation sites (N-methyl/N-ethyl adjacent to an activating group) is 1. The summed E-state index contributed by atoms with van der Waals surface area (Å²) in [5.74, 6) is -0.195. The number of aliphatic hydroxyl groups excluding tert-OH is 1. The summed E-state index contributed by atoms with van der Waals surface area (Å²) < 4.78 is 23.7. The molecule has 454 valence electrons. The molecule has 3 unspecified atom stereocenters. The number of allylic oxidation sites excluding steroid dienone is 19. The number of unbranched alkanes of at least 4 members (excludes halogenated alkanes) is 27. The van der Waals surface area contributed by atoms with Crippen molar-refractivity contribution < 1.29 is 32.9 Å². The maximum absolute atomic E-state index is 13.0. The van der Waals surface area contributed by atoms with Crippen molar-refractivity contribution in [2.75, 3.05) is 40.9 Å². The van der Waals surface area contributed by atoms with E-state index in [4.69, 9.17) is 9.05 Å². The number of aliphatic hydroxyl groups is 1. The summed E-state index contributed by atoms with van der Waals surface area (Å²) >= 11 is 0. The quantitative estimate of drug-likeness (QED) is 0.0243. The summed E-state index contributed by atoms with van der Waals surface area (Å²) in [5, 5.41) is 13.9. The van der Waals surface area contributed by atoms with Crippen LogP contribution in [0.4, 0.5) is 0 Å². The van der Waals surface area contributed by atoms with Gasteiger partial charge in [0.1, 0.15) is 13.2 Å². The Balaban J connectivity index is 4.18. The molecule has 0 aliphatic heterocycles. The average Bonchev–Trinajstić information content (AvgIpc) is 3.42. The Morgan fingerprint density at radius 1 is 0.443 bits per heavy atom. The normalized spacial score (nSPS) is 14.6. The van der Waals surface area contributed by atoms with Gasteiger partial charge in [-0.05, 0) is 103 Å². The standard InChI is InChI=1S/C70H123N2O6P/c1-6-8-10-12-14-16-18-20-22-24-26-28-30-31-32-33-34-35-36-37-38-39-40-41-42-44-46-48-50-52-54-56-58-60-62-64-70(74)71-68(67-78-79(75,76)77-66-65-72(3,4)5)69(73)63-61-59-57-55-53-51-49-47-45-43-29-27-25-23-21-19-17-15-13-11-9-7-2/h8,10,14,16,20,22,26,28,31-32,34-35,37-38,45,47,53,55,61,63,68-69,73H,6-7,9,11-13,15,17-19,21,23-25,27,29-30,33,36,39-44,46,48-52,54,56-60,62,64-67H2,1-5H3,(H-,71,74,75,76)/p+1/b10-8-,16-14-,22-20-,28-26-,32-31-,35-34-,38-37-,47-45+,55-53+,63-61+. The lowest BCUT2D eigenvalue weighted by Gasteiger charge is -2.25. The van der Waals surface area contributed by atoms with Crippen LogP contribution in [0.5, 0.6) is 0 Å². The van der Waals surface area contributed by atoms with Gasteiger partial charge in [0.15, 0.2) is 0 Å². The number of hydrogen-bond acceptors (Lipinski definition) is 5. The second-order valence-corrected chi connectivity index (χ2v) is 24.2. The van der Waals surface area contributed by atoms with Gasteiger partial charge in [-0.3, -0.25) is 13.8 Å². The van der Waals surface area contributed by atoms with Crippen molar-refractivity contribution in [2.24, 2.45) is 0 Å². The van der Waals surface area contributed by atoms with Gasteiger partial charge in [-0.1, -0.05) is 277 Å². The van der Waals surface area contributed by atoms with Gasteiger partial charge in [-0.25, -0.2) is 4.57 Å². The summed E-state index contributed by atoms with van der Waals surface area (Å²) in [4.78, 5) is 23.4. The van der Waals surface area contributed by atoms with E-state index in [9.17, 15) is 19.4 Å². The van der Waals surface area contributed by atoms with Crippen molar-refractivity contribution in [3.05, 3.63) is 122 Å². The number of nitrogens with zero attached hydrogens (tertiary/aromatic N) is 1. The number of rotatable bonds is 58. The van der Waals surface area contributed by atoms with E-state index in [-0.39, 0.29) is 19.1 Å². The molecular formula is C70H124N2O6P+. The molecule has 0 saturated heterocycles. The molecular weight excluding hydrogens is 996 g/mol. The first-order valence-corrected chi connectivity index (χ1v) is 33.9. The molecule has 79 heavy (non-hydrogen) atoms. The van der Waals surface area contributed by atoms with Gasteiger partial charge in [0.2, 0.25) is 5.91 Å². The fourth-order valence-corrected chi connectivity index (χ4v) is 9.61. The lowest BCUT2D eigenvalue weighted by atomic mass is 10.0. The van der Waals surface area contributed by atoms with E-state index in [1.807, 2.05) is 27.2 Å². The first-order valence-electron chi connectivity index (χ1n) is 32.4. The molecule has 0 aromatic rings. The molecule has 8 nitrogen and oxygen atoms in total. The maximum atomic E-state index is 13.0. The monoisotopic (exact) mass is 1120 g/mol. The highest BCUT2D eigenvalue weighted by atomic mass is 31.2. The molecule has 0 aliphatic rings. The highest BCUT2D eigenvalue weighted by Gasteiger charge is 2.27. The van der Waals surface area contributed by atoms with Gasteiger partial charge < -0.3 is 19.8 Å². The fourth-order valence-electron chi connectivity index (χ4n) is 8.88. The van der Waals surface area contributed by atoms with Gasteiger partial charge in [0, 0.05) is 6.42 Å². The minimum atomic E-state index is -4.37. The largest absolute Gasteiger partial charge is 0.472 e. The molecule has 0 fully saturated rings. The molecule has 0 aliphatic carbocycles. The van der Waals surface area contributed by atoms with Crippen LogP contribution in [0.25, 0.3) is 0 Å². The smallest absolute Gasteiger partial charge is 0.387 e. The van der Waals surface area contributed by atoms with Gasteiger partial charge in [-0.15, -0.1) is 0 Å². The van der Waals surface area contributed by atoms with Crippen LogP contribution in [0.3, 0.4) is 0 Å². The van der Waals surface area contributed by atoms with E-state index in [2.05, 4.69) is 129 Å². The van der Waals surface area contributed by atoms with E-state index in [0.717, 1.165) is 89.9 Å². The van der Waals surface area contributed by atoms with Crippen molar-refractivity contribution in [1.29, 1.82) is 0 Å². The van der Waals surface area contributed by atoms with Gasteiger partial charge in [0.05, 0.1) is 39.9 Å². The van der Waals surface area contributed by atoms with Crippen LogP contribution in [0.15, 0.2) is 122 Å². The molecule has 3 atom stereocenters. The molecule has 0 rings (SSSR count). The molecule has 0 aromatic heterocycles. The lowest BCUT2D eigenvalue weighted by Crippen LogP contribution is -2.45. The Hall–Kier alpha value is -3.10. The molecule has 0 spiro atoms. The second kappa shape index (κ2) is 59.5. The van der Waals surface area contributed by atoms with E-state index in [0.29, 0.717) is 17.4 Å². The Bertz CT molecular complexity index is 1700. The minimum Gasteiger partial charge on any atom is -0.387 e. The third-order valence-electron chi connectivity index (χ3n) is 13.9. The third kappa shape index (κ3) is 62.4. The fraction of sp³-hybridized carbons (Fsp3) is 0.700. The lowest BCUT2D eigenvalue weighted by molar-refractivity contribution is -0.870. The number of quaternary nitrogens is 1. The zero-order valence-electron chi connectivity index (χ0n) is 51.8. The van der Waals surface area contributed by atoms with E-state index < -0.39 is 20.0 Å². The third-order valence-corrected chi connectivity index (χ3v) is 14.9. The van der Waals surface area contributed by atoms with Crippen molar-refractivity contribution in [3.63, 3.8) is 0 Å². The van der Waals surface area contributed by atoms with Crippen LogP contribution in [0.2, 0.25) is 0 Å². The number of carbonyl (C=O) groups excluding carboxylic acids is 1. The van der Waals surface area contributed by atoms with E-state index in [1.54, 1.807) is 6.08 Å². The van der Waals surface area contributed by atoms with E-state index >= 15 is 0 Å². The Morgan fingerprint density at radius 2 is 0.772 bits per heavy atom. The van der Waals surface area contributed by atoms with Crippen molar-refractivity contribution in [1.82, 2.24) is 5.32 Å². The SMILES string of the molecule is CC/C=C\C/C=C\C/C=C\C/C=C\C/C=C\C/C=C\C/C=C\CCCCCCCCCCCCCCCC(=O)NC(COP(=O)(O)OCC[N+](C)(C)C)C(O)/C=C/CC/C=C/CC/C=C/CCCCCCCCCCCCCC. The number of phosphoric ester groups is 1. The predicted molar refractivity (Wildman–Crippen MR) is 345 cm³/mol. The van der Waals surface area contributed by atoms with Gasteiger partial charge >= 0.3 is 7.82 Å². The number of amides is 1. The Labute approximate surface area is 488 Å². The van der Waals surface area contributed by atoms with Crippen LogP contribution >= 0.6 is 7.82 Å². The van der Waals surface area contributed by atoms with Crippen LogP contribution < -0.4 is 5.32 Å². The van der Waals surface area contributed by atoms with Crippen molar-refractivity contribution in [3.8, 4) is 0 Å². The zero-order chi connectivity index (χ0) is 57.7. The summed E-state index contributed by atoms with van der Waals surface area (Å²) in [6, 6.07) is -0.879. The zero-order valence-corrected chi connectivity index (χ0v) is 52.7. The Morgan fingerprint density at radius 3 is 1.16 bits per heavy atom. The molecule has 0 bridgehead atoms. The van der Waals surface area contributed by atoms with Crippen LogP contribution in [-0.4, -0.2) is 73.4 Å². The van der Waals surface area contributed by atoms with Gasteiger partial charge in [-0.2, -0.15) is 0 Å². The minimum absolute atomic E-state index is 0.0484. The van der Waals surface area contributed by atoms with Crippen molar-refractivity contribution >= 4 is 13.7 Å². The number of nitrogens with one attached hydrogen (secondary N) is 1. The first-order chi connectivity index (χ1) is 38.5. The van der Waals surface area contributed by atoms with Crippen LogP contribution in [0, 0.1) is 0 Å². The molecule has 0 radical (unpaired) electrons. The highest BCUT2D eigenvalue weighted by Crippen LogP contribution is 2.43. The molecule has 0 aromatic carbocycles. The van der Waals surface area contributed by atoms with Gasteiger partial charge in [0.25, 0.3) is 0 Å². The topological polar surface area (TPSA) is 105 Å². The van der Waals surface area contributed by atoms with Crippen LogP contribution in [0.1, 0.15) is 264 Å². The first kappa shape index (κ1) is 75.9. The molecule has 3 N–H and O–H groups in total.